The number of anilines is 3. The number of nitrogen functional groups attached to an aromatic ring is 1. The lowest BCUT2D eigenvalue weighted by Gasteiger charge is -2.23. The zero-order chi connectivity index (χ0) is 15.2. The van der Waals surface area contributed by atoms with Crippen LogP contribution < -0.4 is 20.9 Å². The molecule has 0 saturated heterocycles. The molecular formula is C14H20N6O. The first-order valence-electron chi connectivity index (χ1n) is 6.88. The summed E-state index contributed by atoms with van der Waals surface area (Å²) in [7, 11) is 0. The molecule has 0 aliphatic rings. The first-order chi connectivity index (χ1) is 10.2. The van der Waals surface area contributed by atoms with Crippen LogP contribution in [0.5, 0.6) is 6.01 Å². The smallest absolute Gasteiger partial charge is 0.323 e. The number of nitrogens with two attached hydrogens (primary N) is 1. The van der Waals surface area contributed by atoms with E-state index in [4.69, 9.17) is 10.6 Å². The summed E-state index contributed by atoms with van der Waals surface area (Å²) in [5.74, 6) is 6.19. The lowest BCUT2D eigenvalue weighted by atomic mass is 10.2. The van der Waals surface area contributed by atoms with Crippen LogP contribution in [0, 0.1) is 6.92 Å². The zero-order valence-electron chi connectivity index (χ0n) is 12.5. The summed E-state index contributed by atoms with van der Waals surface area (Å²) in [6, 6.07) is 8.31. The van der Waals surface area contributed by atoms with Crippen molar-refractivity contribution in [3.05, 3.63) is 29.8 Å². The molecule has 0 aliphatic carbocycles. The van der Waals surface area contributed by atoms with E-state index in [0.29, 0.717) is 19.1 Å². The Hall–Kier alpha value is -2.41. The second kappa shape index (κ2) is 6.85. The van der Waals surface area contributed by atoms with Gasteiger partial charge in [0.15, 0.2) is 0 Å². The Morgan fingerprint density at radius 3 is 2.57 bits per heavy atom. The third kappa shape index (κ3) is 3.38. The number of rotatable bonds is 6. The van der Waals surface area contributed by atoms with E-state index in [2.05, 4.69) is 20.4 Å². The molecule has 1 aromatic carbocycles. The lowest BCUT2D eigenvalue weighted by Crippen LogP contribution is -2.22. The first-order valence-corrected chi connectivity index (χ1v) is 6.88. The summed E-state index contributed by atoms with van der Waals surface area (Å²) in [5, 5.41) is 0. The molecule has 7 nitrogen and oxygen atoms in total. The molecular weight excluding hydrogens is 268 g/mol. The highest BCUT2D eigenvalue weighted by Crippen LogP contribution is 2.26. The standard InChI is InChI=1S/C14H20N6O/c1-4-20(11-9-7-6-8-10(11)3)13-16-12(19-15)17-14(18-13)21-5-2/h6-9H,4-5,15H2,1-3H3,(H,16,17,18,19). The van der Waals surface area contributed by atoms with Crippen LogP contribution in [0.25, 0.3) is 0 Å². The Morgan fingerprint density at radius 2 is 1.95 bits per heavy atom. The van der Waals surface area contributed by atoms with Crippen LogP contribution in [0.4, 0.5) is 17.6 Å². The fourth-order valence-electron chi connectivity index (χ4n) is 2.01. The van der Waals surface area contributed by atoms with E-state index in [-0.39, 0.29) is 12.0 Å². The van der Waals surface area contributed by atoms with E-state index < -0.39 is 0 Å². The van der Waals surface area contributed by atoms with Crippen LogP contribution in [0.2, 0.25) is 0 Å². The molecule has 0 atom stereocenters. The van der Waals surface area contributed by atoms with Crippen molar-refractivity contribution in [2.24, 2.45) is 5.84 Å². The SMILES string of the molecule is CCOc1nc(NN)nc(N(CC)c2ccccc2C)n1. The maximum Gasteiger partial charge on any atom is 0.323 e. The van der Waals surface area contributed by atoms with Crippen LogP contribution in [0.15, 0.2) is 24.3 Å². The summed E-state index contributed by atoms with van der Waals surface area (Å²) in [6.45, 7) is 7.14. The number of para-hydroxylation sites is 1. The van der Waals surface area contributed by atoms with Gasteiger partial charge in [-0.1, -0.05) is 18.2 Å². The Balaban J connectivity index is 2.46. The predicted molar refractivity (Wildman–Crippen MR) is 82.7 cm³/mol. The summed E-state index contributed by atoms with van der Waals surface area (Å²) < 4.78 is 5.37. The van der Waals surface area contributed by atoms with Crippen molar-refractivity contribution >= 4 is 17.6 Å². The zero-order valence-corrected chi connectivity index (χ0v) is 12.5. The fourth-order valence-corrected chi connectivity index (χ4v) is 2.01. The largest absolute Gasteiger partial charge is 0.464 e. The number of nitrogens with zero attached hydrogens (tertiary/aromatic N) is 4. The minimum Gasteiger partial charge on any atom is -0.464 e. The van der Waals surface area contributed by atoms with E-state index >= 15 is 0 Å². The number of hydrogen-bond acceptors (Lipinski definition) is 7. The number of nitrogens with one attached hydrogen (secondary N) is 1. The van der Waals surface area contributed by atoms with Gasteiger partial charge in [-0.25, -0.2) is 5.84 Å². The van der Waals surface area contributed by atoms with Crippen LogP contribution in [0.1, 0.15) is 19.4 Å². The molecule has 2 aromatic rings. The highest BCUT2D eigenvalue weighted by molar-refractivity contribution is 5.62. The Labute approximate surface area is 124 Å². The summed E-state index contributed by atoms with van der Waals surface area (Å²) in [5.41, 5.74) is 4.62. The van der Waals surface area contributed by atoms with Gasteiger partial charge in [0, 0.05) is 12.2 Å². The molecule has 1 heterocycles. The molecule has 3 N–H and O–H groups in total. The van der Waals surface area contributed by atoms with Gasteiger partial charge in [-0.2, -0.15) is 15.0 Å². The number of hydrazine groups is 1. The van der Waals surface area contributed by atoms with Crippen molar-refractivity contribution in [1.29, 1.82) is 0 Å². The predicted octanol–water partition coefficient (Wildman–Crippen LogP) is 2.02. The molecule has 0 fully saturated rings. The van der Waals surface area contributed by atoms with Crippen molar-refractivity contribution in [3.8, 4) is 6.01 Å². The van der Waals surface area contributed by atoms with E-state index in [1.165, 1.54) is 0 Å². The van der Waals surface area contributed by atoms with Crippen molar-refractivity contribution in [3.63, 3.8) is 0 Å². The van der Waals surface area contributed by atoms with Crippen molar-refractivity contribution in [2.45, 2.75) is 20.8 Å². The average Bonchev–Trinajstić information content (AvgIpc) is 2.50. The molecule has 0 amide bonds. The third-order valence-corrected chi connectivity index (χ3v) is 2.97. The van der Waals surface area contributed by atoms with Gasteiger partial charge in [-0.05, 0) is 32.4 Å². The maximum atomic E-state index is 5.42. The monoisotopic (exact) mass is 288 g/mol. The minimum absolute atomic E-state index is 0.252. The number of aryl methyl sites for hydroxylation is 1. The minimum atomic E-state index is 0.252. The maximum absolute atomic E-state index is 5.42. The van der Waals surface area contributed by atoms with Crippen LogP contribution in [-0.2, 0) is 0 Å². The van der Waals surface area contributed by atoms with Gasteiger partial charge in [-0.3, -0.25) is 5.43 Å². The molecule has 0 radical (unpaired) electrons. The molecule has 112 valence electrons. The molecule has 7 heteroatoms. The highest BCUT2D eigenvalue weighted by Gasteiger charge is 2.15. The van der Waals surface area contributed by atoms with Gasteiger partial charge in [-0.15, -0.1) is 0 Å². The first kappa shape index (κ1) is 15.0. The van der Waals surface area contributed by atoms with Gasteiger partial charge in [0.05, 0.1) is 6.61 Å². The van der Waals surface area contributed by atoms with Gasteiger partial charge < -0.3 is 9.64 Å². The molecule has 0 bridgehead atoms. The van der Waals surface area contributed by atoms with Crippen LogP contribution >= 0.6 is 0 Å². The molecule has 2 rings (SSSR count). The number of hydrogen-bond donors (Lipinski definition) is 2. The van der Waals surface area contributed by atoms with E-state index in [1.807, 2.05) is 49.9 Å². The van der Waals surface area contributed by atoms with Gasteiger partial charge in [0.25, 0.3) is 0 Å². The molecule has 0 saturated carbocycles. The molecule has 0 aliphatic heterocycles. The Kier molecular flexibility index (Phi) is 4.89. The number of benzene rings is 1. The third-order valence-electron chi connectivity index (χ3n) is 2.97. The summed E-state index contributed by atoms with van der Waals surface area (Å²) >= 11 is 0. The lowest BCUT2D eigenvalue weighted by molar-refractivity contribution is 0.312. The fraction of sp³-hybridized carbons (Fsp3) is 0.357. The topological polar surface area (TPSA) is 89.2 Å². The van der Waals surface area contributed by atoms with Crippen molar-refractivity contribution < 1.29 is 4.74 Å². The van der Waals surface area contributed by atoms with Gasteiger partial charge in [0.1, 0.15) is 0 Å². The highest BCUT2D eigenvalue weighted by atomic mass is 16.5. The quantitative estimate of drug-likeness (QED) is 0.621. The van der Waals surface area contributed by atoms with E-state index in [1.54, 1.807) is 0 Å². The molecule has 1 aromatic heterocycles. The molecule has 0 unspecified atom stereocenters. The van der Waals surface area contributed by atoms with Gasteiger partial charge >= 0.3 is 6.01 Å². The van der Waals surface area contributed by atoms with Crippen LogP contribution in [0.3, 0.4) is 0 Å². The number of ether oxygens (including phenoxy) is 1. The van der Waals surface area contributed by atoms with Crippen LogP contribution in [-0.4, -0.2) is 28.1 Å². The molecule has 21 heavy (non-hydrogen) atoms. The van der Waals surface area contributed by atoms with Crippen molar-refractivity contribution in [1.82, 2.24) is 15.0 Å². The van der Waals surface area contributed by atoms with Gasteiger partial charge in [0.2, 0.25) is 11.9 Å². The van der Waals surface area contributed by atoms with E-state index in [0.717, 1.165) is 11.3 Å². The number of aromatic nitrogens is 3. The molecule has 0 spiro atoms. The van der Waals surface area contributed by atoms with Crippen molar-refractivity contribution in [2.75, 3.05) is 23.5 Å². The Bertz CT molecular complexity index is 604. The second-order valence-corrected chi connectivity index (χ2v) is 4.35. The second-order valence-electron chi connectivity index (χ2n) is 4.35. The normalized spacial score (nSPS) is 10.3. The summed E-state index contributed by atoms with van der Waals surface area (Å²) in [6.07, 6.45) is 0. The average molecular weight is 288 g/mol. The van der Waals surface area contributed by atoms with E-state index in [9.17, 15) is 0 Å². The Morgan fingerprint density at radius 1 is 1.19 bits per heavy atom. The summed E-state index contributed by atoms with van der Waals surface area (Å²) in [4.78, 5) is 14.7.